The molecule has 0 aliphatic heterocycles. The van der Waals surface area contributed by atoms with E-state index in [1.165, 1.54) is 0 Å². The van der Waals surface area contributed by atoms with Crippen molar-refractivity contribution in [3.63, 3.8) is 0 Å². The molecule has 0 bridgehead atoms. The quantitative estimate of drug-likeness (QED) is 0.678. The highest BCUT2D eigenvalue weighted by molar-refractivity contribution is 5.91. The van der Waals surface area contributed by atoms with Gasteiger partial charge in [0, 0.05) is 17.8 Å². The number of benzene rings is 1. The number of hydrogen-bond acceptors (Lipinski definition) is 3. The number of nitrogens with two attached hydrogens (primary N) is 1. The topological polar surface area (TPSA) is 76.4 Å². The molecule has 0 heterocycles. The summed E-state index contributed by atoms with van der Waals surface area (Å²) >= 11 is 0. The van der Waals surface area contributed by atoms with Gasteiger partial charge < -0.3 is 21.1 Å². The zero-order valence-electron chi connectivity index (χ0n) is 9.12. The van der Waals surface area contributed by atoms with Crippen LogP contribution < -0.4 is 21.1 Å². The third-order valence-corrected chi connectivity index (χ3v) is 2.39. The molecule has 0 spiro atoms. The van der Waals surface area contributed by atoms with E-state index in [4.69, 9.17) is 10.5 Å². The largest absolute Gasteiger partial charge is 0.494 e. The molecular weight excluding hydrogens is 206 g/mol. The summed E-state index contributed by atoms with van der Waals surface area (Å²) in [6.07, 6.45) is 2.12. The van der Waals surface area contributed by atoms with Crippen LogP contribution in [-0.4, -0.2) is 19.2 Å². The molecule has 1 aliphatic carbocycles. The van der Waals surface area contributed by atoms with E-state index in [1.807, 2.05) is 0 Å². The summed E-state index contributed by atoms with van der Waals surface area (Å²) in [7, 11) is 1.54. The predicted octanol–water partition coefficient (Wildman–Crippen LogP) is 1.56. The number of anilines is 2. The normalized spacial score (nSPS) is 14.3. The van der Waals surface area contributed by atoms with Gasteiger partial charge in [0.25, 0.3) is 0 Å². The Bertz CT molecular complexity index is 402. The van der Waals surface area contributed by atoms with Crippen molar-refractivity contribution in [1.82, 2.24) is 5.32 Å². The Morgan fingerprint density at radius 2 is 2.25 bits per heavy atom. The molecule has 1 aliphatic rings. The second-order valence-corrected chi connectivity index (χ2v) is 3.83. The van der Waals surface area contributed by atoms with Crippen LogP contribution in [0.5, 0.6) is 5.75 Å². The molecule has 5 heteroatoms. The average molecular weight is 221 g/mol. The molecule has 0 atom stereocenters. The van der Waals surface area contributed by atoms with Gasteiger partial charge in [-0.2, -0.15) is 0 Å². The maximum Gasteiger partial charge on any atom is 0.319 e. The number of nitrogens with one attached hydrogen (secondary N) is 2. The first kappa shape index (κ1) is 10.6. The zero-order valence-corrected chi connectivity index (χ0v) is 9.12. The van der Waals surface area contributed by atoms with E-state index >= 15 is 0 Å². The predicted molar refractivity (Wildman–Crippen MR) is 62.6 cm³/mol. The molecule has 2 amide bonds. The molecule has 5 nitrogen and oxygen atoms in total. The summed E-state index contributed by atoms with van der Waals surface area (Å²) in [5.74, 6) is 0.561. The zero-order chi connectivity index (χ0) is 11.5. The molecule has 1 aromatic carbocycles. The van der Waals surface area contributed by atoms with Gasteiger partial charge in [-0.05, 0) is 25.0 Å². The molecule has 16 heavy (non-hydrogen) atoms. The van der Waals surface area contributed by atoms with Crippen LogP contribution in [0, 0.1) is 0 Å². The molecular formula is C11H15N3O2. The van der Waals surface area contributed by atoms with Crippen LogP contribution in [0.4, 0.5) is 16.2 Å². The molecule has 0 saturated heterocycles. The van der Waals surface area contributed by atoms with Crippen molar-refractivity contribution in [3.8, 4) is 5.75 Å². The van der Waals surface area contributed by atoms with Crippen LogP contribution in [0.25, 0.3) is 0 Å². The number of methoxy groups -OCH3 is 1. The molecule has 86 valence electrons. The first-order chi connectivity index (χ1) is 7.69. The fourth-order valence-electron chi connectivity index (χ4n) is 1.38. The summed E-state index contributed by atoms with van der Waals surface area (Å²) in [4.78, 5) is 11.5. The van der Waals surface area contributed by atoms with Crippen LogP contribution in [0.3, 0.4) is 0 Å². The Morgan fingerprint density at radius 1 is 1.50 bits per heavy atom. The third kappa shape index (κ3) is 2.56. The second-order valence-electron chi connectivity index (χ2n) is 3.83. The van der Waals surface area contributed by atoms with Gasteiger partial charge in [0.1, 0.15) is 5.75 Å². The van der Waals surface area contributed by atoms with E-state index in [1.54, 1.807) is 25.3 Å². The molecule has 0 radical (unpaired) electrons. The first-order valence-electron chi connectivity index (χ1n) is 5.20. The second kappa shape index (κ2) is 4.30. The minimum absolute atomic E-state index is 0.203. The number of rotatable bonds is 3. The monoisotopic (exact) mass is 221 g/mol. The lowest BCUT2D eigenvalue weighted by atomic mass is 10.2. The fraction of sp³-hybridized carbons (Fsp3) is 0.364. The SMILES string of the molecule is COc1cc(N)ccc1NC(=O)NC1CC1. The van der Waals surface area contributed by atoms with Crippen LogP contribution in [0.1, 0.15) is 12.8 Å². The Hall–Kier alpha value is -1.91. The van der Waals surface area contributed by atoms with E-state index in [9.17, 15) is 4.79 Å². The lowest BCUT2D eigenvalue weighted by molar-refractivity contribution is 0.251. The number of hydrogen-bond donors (Lipinski definition) is 3. The lowest BCUT2D eigenvalue weighted by Gasteiger charge is -2.11. The van der Waals surface area contributed by atoms with E-state index in [-0.39, 0.29) is 6.03 Å². The molecule has 0 aromatic heterocycles. The molecule has 1 saturated carbocycles. The lowest BCUT2D eigenvalue weighted by Crippen LogP contribution is -2.30. The fourth-order valence-corrected chi connectivity index (χ4v) is 1.38. The van der Waals surface area contributed by atoms with Gasteiger partial charge in [0.05, 0.1) is 12.8 Å². The molecule has 1 aromatic rings. The molecule has 0 unspecified atom stereocenters. The maximum atomic E-state index is 11.5. The van der Waals surface area contributed by atoms with E-state index in [0.29, 0.717) is 23.2 Å². The van der Waals surface area contributed by atoms with E-state index in [0.717, 1.165) is 12.8 Å². The van der Waals surface area contributed by atoms with Crippen molar-refractivity contribution < 1.29 is 9.53 Å². The Balaban J connectivity index is 2.04. The number of carbonyl (C=O) groups is 1. The number of nitrogen functional groups attached to an aromatic ring is 1. The standard InChI is InChI=1S/C11H15N3O2/c1-16-10-6-7(12)2-5-9(10)14-11(15)13-8-3-4-8/h2,5-6,8H,3-4,12H2,1H3,(H2,13,14,15). The number of amides is 2. The summed E-state index contributed by atoms with van der Waals surface area (Å²) in [6, 6.07) is 5.24. The summed E-state index contributed by atoms with van der Waals surface area (Å²) in [5.41, 5.74) is 6.84. The maximum absolute atomic E-state index is 11.5. The van der Waals surface area contributed by atoms with Crippen LogP contribution in [0.2, 0.25) is 0 Å². The third-order valence-electron chi connectivity index (χ3n) is 2.39. The summed E-state index contributed by atoms with van der Waals surface area (Å²) < 4.78 is 5.13. The number of carbonyl (C=O) groups excluding carboxylic acids is 1. The van der Waals surface area contributed by atoms with Gasteiger partial charge >= 0.3 is 6.03 Å². The summed E-state index contributed by atoms with van der Waals surface area (Å²) in [5, 5.41) is 5.56. The highest BCUT2D eigenvalue weighted by atomic mass is 16.5. The van der Waals surface area contributed by atoms with E-state index in [2.05, 4.69) is 10.6 Å². The number of urea groups is 1. The van der Waals surface area contributed by atoms with Crippen LogP contribution in [0.15, 0.2) is 18.2 Å². The number of ether oxygens (including phenoxy) is 1. The van der Waals surface area contributed by atoms with Crippen LogP contribution in [-0.2, 0) is 0 Å². The molecule has 4 N–H and O–H groups in total. The highest BCUT2D eigenvalue weighted by Gasteiger charge is 2.23. The Morgan fingerprint density at radius 3 is 2.88 bits per heavy atom. The first-order valence-corrected chi connectivity index (χ1v) is 5.20. The van der Waals surface area contributed by atoms with Gasteiger partial charge in [-0.15, -0.1) is 0 Å². The van der Waals surface area contributed by atoms with Crippen molar-refractivity contribution in [2.45, 2.75) is 18.9 Å². The Labute approximate surface area is 94.0 Å². The van der Waals surface area contributed by atoms with E-state index < -0.39 is 0 Å². The van der Waals surface area contributed by atoms with Crippen molar-refractivity contribution in [3.05, 3.63) is 18.2 Å². The van der Waals surface area contributed by atoms with Crippen molar-refractivity contribution in [2.75, 3.05) is 18.2 Å². The van der Waals surface area contributed by atoms with Crippen molar-refractivity contribution >= 4 is 17.4 Å². The van der Waals surface area contributed by atoms with Gasteiger partial charge in [0.15, 0.2) is 0 Å². The molecule has 1 fully saturated rings. The molecule has 2 rings (SSSR count). The highest BCUT2D eigenvalue weighted by Crippen LogP contribution is 2.26. The van der Waals surface area contributed by atoms with Crippen molar-refractivity contribution in [2.24, 2.45) is 0 Å². The van der Waals surface area contributed by atoms with Crippen molar-refractivity contribution in [1.29, 1.82) is 0 Å². The summed E-state index contributed by atoms with van der Waals surface area (Å²) in [6.45, 7) is 0. The minimum atomic E-state index is -0.203. The minimum Gasteiger partial charge on any atom is -0.494 e. The van der Waals surface area contributed by atoms with Gasteiger partial charge in [0.2, 0.25) is 0 Å². The average Bonchev–Trinajstić information content (AvgIpc) is 3.04. The van der Waals surface area contributed by atoms with Gasteiger partial charge in [-0.1, -0.05) is 0 Å². The smallest absolute Gasteiger partial charge is 0.319 e. The Kier molecular flexibility index (Phi) is 2.85. The van der Waals surface area contributed by atoms with Gasteiger partial charge in [-0.3, -0.25) is 0 Å². The van der Waals surface area contributed by atoms with Gasteiger partial charge in [-0.25, -0.2) is 4.79 Å². The van der Waals surface area contributed by atoms with Crippen LogP contribution >= 0.6 is 0 Å².